The highest BCUT2D eigenvalue weighted by Crippen LogP contribution is 2.36. The SMILES string of the molecule is Fc1cc(Cl)c2nc(CN3CC4CC(C3)N4CC(F)C3CCCCC3)[nH]c2c1. The molecule has 4 fully saturated rings. The number of alkyl halides is 1. The van der Waals surface area contributed by atoms with Gasteiger partial charge < -0.3 is 4.98 Å². The topological polar surface area (TPSA) is 35.2 Å². The fraction of sp³-hybridized carbons (Fsp3) is 0.667. The van der Waals surface area contributed by atoms with Crippen LogP contribution >= 0.6 is 11.6 Å². The van der Waals surface area contributed by atoms with Gasteiger partial charge in [-0.25, -0.2) is 13.8 Å². The number of piperazine rings is 1. The molecule has 4 nitrogen and oxygen atoms in total. The van der Waals surface area contributed by atoms with E-state index in [4.69, 9.17) is 11.6 Å². The summed E-state index contributed by atoms with van der Waals surface area (Å²) in [4.78, 5) is 12.5. The van der Waals surface area contributed by atoms with E-state index in [0.717, 1.165) is 31.8 Å². The second-order valence-corrected chi connectivity index (χ2v) is 9.22. The van der Waals surface area contributed by atoms with Gasteiger partial charge in [-0.05, 0) is 37.3 Å². The highest BCUT2D eigenvalue weighted by Gasteiger charge is 2.45. The van der Waals surface area contributed by atoms with Gasteiger partial charge in [0.1, 0.15) is 23.3 Å². The Balaban J connectivity index is 1.19. The van der Waals surface area contributed by atoms with Gasteiger partial charge in [-0.15, -0.1) is 0 Å². The Morgan fingerprint density at radius 2 is 1.93 bits per heavy atom. The molecule has 1 aromatic heterocycles. The molecule has 7 heteroatoms. The van der Waals surface area contributed by atoms with Gasteiger partial charge in [0.05, 0.1) is 17.1 Å². The van der Waals surface area contributed by atoms with Crippen molar-refractivity contribution in [3.8, 4) is 0 Å². The molecule has 3 saturated heterocycles. The summed E-state index contributed by atoms with van der Waals surface area (Å²) in [5, 5.41) is 0.335. The van der Waals surface area contributed by atoms with Gasteiger partial charge in [0, 0.05) is 31.7 Å². The predicted molar refractivity (Wildman–Crippen MR) is 107 cm³/mol. The zero-order valence-corrected chi connectivity index (χ0v) is 16.8. The number of hydrogen-bond acceptors (Lipinski definition) is 3. The number of hydrogen-bond donors (Lipinski definition) is 1. The summed E-state index contributed by atoms with van der Waals surface area (Å²) in [5.41, 5.74) is 1.26. The predicted octanol–water partition coefficient (Wildman–Crippen LogP) is 4.53. The lowest BCUT2D eigenvalue weighted by molar-refractivity contribution is -0.0877. The van der Waals surface area contributed by atoms with E-state index in [1.165, 1.54) is 37.8 Å². The molecule has 1 saturated carbocycles. The van der Waals surface area contributed by atoms with Crippen molar-refractivity contribution in [3.05, 3.63) is 28.8 Å². The van der Waals surface area contributed by atoms with E-state index in [0.29, 0.717) is 41.2 Å². The molecule has 28 heavy (non-hydrogen) atoms. The first-order chi connectivity index (χ1) is 13.6. The number of fused-ring (bicyclic) bond motifs is 3. The third-order valence-electron chi connectivity index (χ3n) is 6.89. The Hall–Kier alpha value is -1.24. The Labute approximate surface area is 169 Å². The summed E-state index contributed by atoms with van der Waals surface area (Å²) >= 11 is 6.10. The summed E-state index contributed by atoms with van der Waals surface area (Å²) in [6.45, 7) is 3.17. The fourth-order valence-electron chi connectivity index (χ4n) is 5.43. The van der Waals surface area contributed by atoms with Crippen LogP contribution in [-0.4, -0.2) is 57.7 Å². The molecule has 152 valence electrons. The Kier molecular flexibility index (Phi) is 5.06. The molecular formula is C21H27ClF2N4. The molecule has 4 heterocycles. The molecule has 3 unspecified atom stereocenters. The van der Waals surface area contributed by atoms with Crippen molar-refractivity contribution in [1.82, 2.24) is 19.8 Å². The van der Waals surface area contributed by atoms with Gasteiger partial charge in [-0.2, -0.15) is 0 Å². The van der Waals surface area contributed by atoms with Crippen LogP contribution in [0.1, 0.15) is 44.3 Å². The Morgan fingerprint density at radius 3 is 2.68 bits per heavy atom. The molecule has 1 aliphatic carbocycles. The van der Waals surface area contributed by atoms with Gasteiger partial charge >= 0.3 is 0 Å². The maximum atomic E-state index is 14.8. The molecule has 3 aliphatic heterocycles. The zero-order valence-electron chi connectivity index (χ0n) is 16.0. The summed E-state index contributed by atoms with van der Waals surface area (Å²) in [6, 6.07) is 3.62. The van der Waals surface area contributed by atoms with Gasteiger partial charge in [0.25, 0.3) is 0 Å². The van der Waals surface area contributed by atoms with E-state index in [-0.39, 0.29) is 11.7 Å². The minimum absolute atomic E-state index is 0.270. The molecule has 3 atom stereocenters. The average Bonchev–Trinajstić information content (AvgIpc) is 3.09. The van der Waals surface area contributed by atoms with Crippen LogP contribution in [0.5, 0.6) is 0 Å². The van der Waals surface area contributed by atoms with Crippen LogP contribution in [0.4, 0.5) is 8.78 Å². The summed E-state index contributed by atoms with van der Waals surface area (Å²) in [5.74, 6) is 0.717. The largest absolute Gasteiger partial charge is 0.341 e. The van der Waals surface area contributed by atoms with E-state index < -0.39 is 6.17 Å². The first-order valence-corrected chi connectivity index (χ1v) is 10.9. The number of imidazole rings is 1. The molecule has 1 aromatic carbocycles. The van der Waals surface area contributed by atoms with Crippen molar-refractivity contribution >= 4 is 22.6 Å². The molecule has 4 aliphatic rings. The van der Waals surface area contributed by atoms with Gasteiger partial charge in [0.2, 0.25) is 0 Å². The van der Waals surface area contributed by atoms with Crippen LogP contribution in [0, 0.1) is 11.7 Å². The smallest absolute Gasteiger partial charge is 0.126 e. The minimum atomic E-state index is -0.676. The number of rotatable bonds is 5. The molecule has 2 bridgehead atoms. The van der Waals surface area contributed by atoms with Crippen molar-refractivity contribution in [3.63, 3.8) is 0 Å². The molecule has 0 spiro atoms. The molecule has 1 N–H and O–H groups in total. The number of benzene rings is 1. The fourth-order valence-corrected chi connectivity index (χ4v) is 5.68. The van der Waals surface area contributed by atoms with Gasteiger partial charge in [-0.3, -0.25) is 9.80 Å². The highest BCUT2D eigenvalue weighted by atomic mass is 35.5. The second-order valence-electron chi connectivity index (χ2n) is 8.82. The van der Waals surface area contributed by atoms with Gasteiger partial charge in [-0.1, -0.05) is 30.9 Å². The van der Waals surface area contributed by atoms with E-state index in [2.05, 4.69) is 19.8 Å². The van der Waals surface area contributed by atoms with Crippen molar-refractivity contribution in [2.75, 3.05) is 19.6 Å². The normalized spacial score (nSPS) is 27.8. The van der Waals surface area contributed by atoms with E-state index in [1.807, 2.05) is 0 Å². The van der Waals surface area contributed by atoms with Crippen molar-refractivity contribution < 1.29 is 8.78 Å². The number of halogens is 3. The van der Waals surface area contributed by atoms with E-state index in [9.17, 15) is 8.78 Å². The maximum Gasteiger partial charge on any atom is 0.126 e. The lowest BCUT2D eigenvalue weighted by Crippen LogP contribution is -2.69. The quantitative estimate of drug-likeness (QED) is 0.789. The van der Waals surface area contributed by atoms with Crippen LogP contribution in [-0.2, 0) is 6.54 Å². The van der Waals surface area contributed by atoms with Gasteiger partial charge in [0.15, 0.2) is 0 Å². The van der Waals surface area contributed by atoms with Crippen molar-refractivity contribution in [1.29, 1.82) is 0 Å². The summed E-state index contributed by atoms with van der Waals surface area (Å²) in [7, 11) is 0. The van der Waals surface area contributed by atoms with E-state index >= 15 is 0 Å². The lowest BCUT2D eigenvalue weighted by Gasteiger charge is -2.57. The third kappa shape index (κ3) is 3.55. The number of aromatic amines is 1. The molecule has 2 aromatic rings. The molecule has 6 rings (SSSR count). The Morgan fingerprint density at radius 1 is 1.18 bits per heavy atom. The number of aromatic nitrogens is 2. The molecule has 0 radical (unpaired) electrons. The number of piperidine rings is 1. The summed E-state index contributed by atoms with van der Waals surface area (Å²) in [6.07, 6.45) is 6.27. The first-order valence-electron chi connectivity index (χ1n) is 10.5. The highest BCUT2D eigenvalue weighted by molar-refractivity contribution is 6.34. The molecular weight excluding hydrogens is 382 g/mol. The molecule has 0 amide bonds. The number of H-pyrrole nitrogens is 1. The number of nitrogens with zero attached hydrogens (tertiary/aromatic N) is 3. The van der Waals surface area contributed by atoms with E-state index in [1.54, 1.807) is 0 Å². The van der Waals surface area contributed by atoms with Crippen LogP contribution < -0.4 is 0 Å². The Bertz CT molecular complexity index is 838. The second kappa shape index (κ2) is 7.54. The lowest BCUT2D eigenvalue weighted by atomic mass is 9.83. The third-order valence-corrected chi connectivity index (χ3v) is 7.18. The van der Waals surface area contributed by atoms with Crippen LogP contribution in [0.3, 0.4) is 0 Å². The standard InChI is InChI=1S/C21H27ClF2N4/c22-17-6-14(23)7-19-21(17)26-20(25-19)12-27-9-15-8-16(10-27)28(15)11-18(24)13-4-2-1-3-5-13/h6-7,13,15-16,18H,1-5,8-12H2,(H,25,26). The van der Waals surface area contributed by atoms with Crippen LogP contribution in [0.25, 0.3) is 11.0 Å². The monoisotopic (exact) mass is 408 g/mol. The average molecular weight is 409 g/mol. The van der Waals surface area contributed by atoms with Crippen LogP contribution in [0.2, 0.25) is 5.02 Å². The van der Waals surface area contributed by atoms with Crippen molar-refractivity contribution in [2.45, 2.75) is 63.3 Å². The minimum Gasteiger partial charge on any atom is -0.341 e. The van der Waals surface area contributed by atoms with Crippen molar-refractivity contribution in [2.24, 2.45) is 5.92 Å². The van der Waals surface area contributed by atoms with Crippen LogP contribution in [0.15, 0.2) is 12.1 Å². The number of nitrogens with one attached hydrogen (secondary N) is 1. The first kappa shape index (κ1) is 18.8. The summed E-state index contributed by atoms with van der Waals surface area (Å²) < 4.78 is 28.3. The maximum absolute atomic E-state index is 14.8. The zero-order chi connectivity index (χ0) is 19.3.